The Balaban J connectivity index is 2.23. The number of phenolic OH excluding ortho intramolecular Hbond substituents is 1. The van der Waals surface area contributed by atoms with Gasteiger partial charge in [0.05, 0.1) is 6.61 Å². The van der Waals surface area contributed by atoms with Crippen molar-refractivity contribution in [1.29, 1.82) is 0 Å². The molecule has 1 aromatic rings. The SMILES string of the molecule is Cc1cc(COCCCCCCCCC(C)C)cc(C(C)(C)C)c1O. The Morgan fingerprint density at radius 3 is 2.16 bits per heavy atom. The van der Waals surface area contributed by atoms with Crippen molar-refractivity contribution in [1.82, 2.24) is 0 Å². The fourth-order valence-electron chi connectivity index (χ4n) is 3.16. The van der Waals surface area contributed by atoms with Crippen molar-refractivity contribution < 1.29 is 9.84 Å². The molecule has 0 spiro atoms. The molecule has 0 heterocycles. The van der Waals surface area contributed by atoms with E-state index >= 15 is 0 Å². The van der Waals surface area contributed by atoms with Gasteiger partial charge in [0.15, 0.2) is 0 Å². The van der Waals surface area contributed by atoms with Gasteiger partial charge in [-0.05, 0) is 47.4 Å². The van der Waals surface area contributed by atoms with Gasteiger partial charge in [0.25, 0.3) is 0 Å². The number of unbranched alkanes of at least 4 members (excludes halogenated alkanes) is 5. The fourth-order valence-corrected chi connectivity index (χ4v) is 3.16. The minimum atomic E-state index is -0.0551. The van der Waals surface area contributed by atoms with Crippen LogP contribution >= 0.6 is 0 Å². The molecule has 0 bridgehead atoms. The normalized spacial score (nSPS) is 12.1. The average molecular weight is 349 g/mol. The molecule has 0 unspecified atom stereocenters. The van der Waals surface area contributed by atoms with Crippen molar-refractivity contribution in [3.05, 3.63) is 28.8 Å². The number of aromatic hydroxyl groups is 1. The summed E-state index contributed by atoms with van der Waals surface area (Å²) in [7, 11) is 0. The summed E-state index contributed by atoms with van der Waals surface area (Å²) in [5.41, 5.74) is 3.05. The van der Waals surface area contributed by atoms with Gasteiger partial charge in [0.1, 0.15) is 5.75 Å². The molecule has 1 N–H and O–H groups in total. The van der Waals surface area contributed by atoms with Crippen LogP contribution < -0.4 is 0 Å². The Labute approximate surface area is 156 Å². The highest BCUT2D eigenvalue weighted by Crippen LogP contribution is 2.34. The molecule has 0 fully saturated rings. The first kappa shape index (κ1) is 22.0. The van der Waals surface area contributed by atoms with Crippen molar-refractivity contribution in [3.8, 4) is 5.75 Å². The van der Waals surface area contributed by atoms with E-state index in [4.69, 9.17) is 4.74 Å². The number of hydrogen-bond donors (Lipinski definition) is 1. The van der Waals surface area contributed by atoms with E-state index in [1.807, 2.05) is 13.0 Å². The second kappa shape index (κ2) is 10.9. The summed E-state index contributed by atoms with van der Waals surface area (Å²) in [6.45, 7) is 14.4. The highest BCUT2D eigenvalue weighted by molar-refractivity contribution is 5.46. The molecular formula is C23H40O2. The first-order chi connectivity index (χ1) is 11.7. The monoisotopic (exact) mass is 348 g/mol. The zero-order valence-electron chi connectivity index (χ0n) is 17.5. The summed E-state index contributed by atoms with van der Waals surface area (Å²) < 4.78 is 5.86. The van der Waals surface area contributed by atoms with Crippen LogP contribution in [0.1, 0.15) is 96.3 Å². The van der Waals surface area contributed by atoms with Crippen molar-refractivity contribution in [2.75, 3.05) is 6.61 Å². The van der Waals surface area contributed by atoms with Crippen LogP contribution in [0, 0.1) is 12.8 Å². The molecule has 2 nitrogen and oxygen atoms in total. The predicted molar refractivity (Wildman–Crippen MR) is 108 cm³/mol. The Morgan fingerprint density at radius 1 is 0.960 bits per heavy atom. The van der Waals surface area contributed by atoms with Crippen LogP contribution in [0.2, 0.25) is 0 Å². The highest BCUT2D eigenvalue weighted by atomic mass is 16.5. The molecule has 0 saturated carbocycles. The number of phenols is 1. The number of rotatable bonds is 11. The first-order valence-corrected chi connectivity index (χ1v) is 10.1. The molecule has 25 heavy (non-hydrogen) atoms. The molecule has 0 saturated heterocycles. The van der Waals surface area contributed by atoms with Gasteiger partial charge in [0, 0.05) is 6.61 Å². The van der Waals surface area contributed by atoms with Crippen LogP contribution in [0.5, 0.6) is 5.75 Å². The third-order valence-corrected chi connectivity index (χ3v) is 4.76. The Kier molecular flexibility index (Phi) is 9.56. The van der Waals surface area contributed by atoms with E-state index in [0.29, 0.717) is 12.4 Å². The van der Waals surface area contributed by atoms with Gasteiger partial charge in [-0.1, -0.05) is 79.2 Å². The summed E-state index contributed by atoms with van der Waals surface area (Å²) >= 11 is 0. The molecular weight excluding hydrogens is 308 g/mol. The van der Waals surface area contributed by atoms with Crippen LogP contribution in [-0.2, 0) is 16.8 Å². The topological polar surface area (TPSA) is 29.5 Å². The van der Waals surface area contributed by atoms with E-state index in [2.05, 4.69) is 40.7 Å². The van der Waals surface area contributed by atoms with Crippen LogP contribution in [-0.4, -0.2) is 11.7 Å². The molecule has 0 aliphatic heterocycles. The number of ether oxygens (including phenoxy) is 1. The third kappa shape index (κ3) is 8.76. The lowest BCUT2D eigenvalue weighted by atomic mass is 9.84. The van der Waals surface area contributed by atoms with Gasteiger partial charge in [0.2, 0.25) is 0 Å². The minimum Gasteiger partial charge on any atom is -0.507 e. The third-order valence-electron chi connectivity index (χ3n) is 4.76. The van der Waals surface area contributed by atoms with Crippen molar-refractivity contribution in [2.45, 2.75) is 98.5 Å². The first-order valence-electron chi connectivity index (χ1n) is 10.1. The number of hydrogen-bond acceptors (Lipinski definition) is 2. The molecule has 0 aromatic heterocycles. The van der Waals surface area contributed by atoms with Gasteiger partial charge < -0.3 is 9.84 Å². The summed E-state index contributed by atoms with van der Waals surface area (Å²) in [5.74, 6) is 1.27. The quantitative estimate of drug-likeness (QED) is 0.441. The lowest BCUT2D eigenvalue weighted by Gasteiger charge is -2.22. The van der Waals surface area contributed by atoms with E-state index in [9.17, 15) is 5.11 Å². The molecule has 2 heteroatoms. The standard InChI is InChI=1S/C23H40O2/c1-18(2)13-11-9-7-8-10-12-14-25-17-20-15-19(3)22(24)21(16-20)23(4,5)6/h15-16,18,24H,7-14,17H2,1-6H3. The molecule has 0 amide bonds. The zero-order chi connectivity index (χ0) is 18.9. The average Bonchev–Trinajstić information content (AvgIpc) is 2.50. The van der Waals surface area contributed by atoms with Gasteiger partial charge in [-0.25, -0.2) is 0 Å². The molecule has 0 radical (unpaired) electrons. The van der Waals surface area contributed by atoms with E-state index < -0.39 is 0 Å². The van der Waals surface area contributed by atoms with Gasteiger partial charge >= 0.3 is 0 Å². The van der Waals surface area contributed by atoms with Crippen LogP contribution in [0.3, 0.4) is 0 Å². The lowest BCUT2D eigenvalue weighted by molar-refractivity contribution is 0.116. The Morgan fingerprint density at radius 2 is 1.56 bits per heavy atom. The minimum absolute atomic E-state index is 0.0551. The zero-order valence-corrected chi connectivity index (χ0v) is 17.5. The lowest BCUT2D eigenvalue weighted by Crippen LogP contribution is -2.12. The van der Waals surface area contributed by atoms with Crippen LogP contribution in [0.4, 0.5) is 0 Å². The highest BCUT2D eigenvalue weighted by Gasteiger charge is 2.20. The van der Waals surface area contributed by atoms with Crippen LogP contribution in [0.15, 0.2) is 12.1 Å². The summed E-state index contributed by atoms with van der Waals surface area (Å²) in [6, 6.07) is 4.14. The van der Waals surface area contributed by atoms with Gasteiger partial charge in [-0.3, -0.25) is 0 Å². The smallest absolute Gasteiger partial charge is 0.122 e. The van der Waals surface area contributed by atoms with E-state index in [1.54, 1.807) is 0 Å². The van der Waals surface area contributed by atoms with Crippen molar-refractivity contribution in [3.63, 3.8) is 0 Å². The van der Waals surface area contributed by atoms with Crippen molar-refractivity contribution in [2.24, 2.45) is 5.92 Å². The van der Waals surface area contributed by atoms with Gasteiger partial charge in [-0.15, -0.1) is 0 Å². The van der Waals surface area contributed by atoms with Gasteiger partial charge in [-0.2, -0.15) is 0 Å². The Hall–Kier alpha value is -1.02. The maximum absolute atomic E-state index is 10.3. The second-order valence-corrected chi connectivity index (χ2v) is 8.92. The maximum Gasteiger partial charge on any atom is 0.122 e. The molecule has 0 aliphatic carbocycles. The summed E-state index contributed by atoms with van der Waals surface area (Å²) in [4.78, 5) is 0. The Bertz CT molecular complexity index is 498. The van der Waals surface area contributed by atoms with E-state index in [-0.39, 0.29) is 5.41 Å². The molecule has 144 valence electrons. The van der Waals surface area contributed by atoms with Crippen molar-refractivity contribution >= 4 is 0 Å². The maximum atomic E-state index is 10.3. The van der Waals surface area contributed by atoms with E-state index in [0.717, 1.165) is 35.6 Å². The predicted octanol–water partition coefficient (Wildman–Crippen LogP) is 6.90. The van der Waals surface area contributed by atoms with Crippen LogP contribution in [0.25, 0.3) is 0 Å². The molecule has 1 aromatic carbocycles. The molecule has 0 atom stereocenters. The van der Waals surface area contributed by atoms with E-state index in [1.165, 1.54) is 38.5 Å². The summed E-state index contributed by atoms with van der Waals surface area (Å²) in [6.07, 6.45) is 9.22. The molecule has 1 rings (SSSR count). The number of benzene rings is 1. The largest absolute Gasteiger partial charge is 0.507 e. The number of aryl methyl sites for hydroxylation is 1. The summed E-state index contributed by atoms with van der Waals surface area (Å²) in [5, 5.41) is 10.3. The second-order valence-electron chi connectivity index (χ2n) is 8.92. The molecule has 0 aliphatic rings. The fraction of sp³-hybridized carbons (Fsp3) is 0.739.